The highest BCUT2D eigenvalue weighted by molar-refractivity contribution is 7.10. The van der Waals surface area contributed by atoms with Gasteiger partial charge in [0.1, 0.15) is 18.1 Å². The quantitative estimate of drug-likeness (QED) is 0.645. The van der Waals surface area contributed by atoms with Crippen molar-refractivity contribution in [3.63, 3.8) is 0 Å². The third-order valence-corrected chi connectivity index (χ3v) is 6.98. The molecule has 2 aliphatic heterocycles. The Hall–Kier alpha value is -2.09. The van der Waals surface area contributed by atoms with Gasteiger partial charge in [-0.25, -0.2) is 0 Å². The van der Waals surface area contributed by atoms with Crippen LogP contribution >= 0.6 is 11.3 Å². The summed E-state index contributed by atoms with van der Waals surface area (Å²) in [6.07, 6.45) is 2.20. The van der Waals surface area contributed by atoms with E-state index in [1.165, 1.54) is 4.88 Å². The zero-order valence-corrected chi connectivity index (χ0v) is 18.5. The first-order valence-corrected chi connectivity index (χ1v) is 11.7. The monoisotopic (exact) mass is 429 g/mol. The van der Waals surface area contributed by atoms with E-state index in [0.29, 0.717) is 13.2 Å². The fourth-order valence-corrected chi connectivity index (χ4v) is 5.13. The van der Waals surface area contributed by atoms with E-state index in [4.69, 9.17) is 9.47 Å². The summed E-state index contributed by atoms with van der Waals surface area (Å²) in [4.78, 5) is 21.1. The molecule has 0 spiro atoms. The summed E-state index contributed by atoms with van der Waals surface area (Å²) in [6, 6.07) is 12.2. The third-order valence-electron chi connectivity index (χ3n) is 6.00. The van der Waals surface area contributed by atoms with Gasteiger partial charge in [0.05, 0.1) is 19.7 Å². The highest BCUT2D eigenvalue weighted by atomic mass is 32.1. The molecule has 2 fully saturated rings. The fraction of sp³-hybridized carbons (Fsp3) is 0.522. The van der Waals surface area contributed by atoms with E-state index in [0.717, 1.165) is 63.6 Å². The van der Waals surface area contributed by atoms with Gasteiger partial charge >= 0.3 is 0 Å². The molecule has 2 aliphatic rings. The molecule has 0 bridgehead atoms. The Morgan fingerprint density at radius 1 is 1.03 bits per heavy atom. The minimum absolute atomic E-state index is 0.280. The second-order valence-electron chi connectivity index (χ2n) is 7.90. The molecule has 0 aliphatic carbocycles. The van der Waals surface area contributed by atoms with E-state index in [-0.39, 0.29) is 11.9 Å². The van der Waals surface area contributed by atoms with Crippen LogP contribution in [0.15, 0.2) is 41.8 Å². The number of methoxy groups -OCH3 is 1. The van der Waals surface area contributed by atoms with Crippen molar-refractivity contribution in [2.45, 2.75) is 18.9 Å². The minimum atomic E-state index is 0.280. The number of ether oxygens (including phenoxy) is 2. The maximum absolute atomic E-state index is 12.9. The van der Waals surface area contributed by atoms with E-state index in [1.54, 1.807) is 18.4 Å². The summed E-state index contributed by atoms with van der Waals surface area (Å²) in [6.45, 7) is 6.84. The van der Waals surface area contributed by atoms with Gasteiger partial charge in [0, 0.05) is 44.1 Å². The van der Waals surface area contributed by atoms with Crippen molar-refractivity contribution in [3.05, 3.63) is 46.7 Å². The largest absolute Gasteiger partial charge is 0.497 e. The van der Waals surface area contributed by atoms with Crippen LogP contribution in [0, 0.1) is 0 Å². The summed E-state index contributed by atoms with van der Waals surface area (Å²) in [5, 5.41) is 2.11. The summed E-state index contributed by atoms with van der Waals surface area (Å²) < 4.78 is 11.0. The lowest BCUT2D eigenvalue weighted by atomic mass is 10.2. The topological polar surface area (TPSA) is 45.3 Å². The Labute approximate surface area is 183 Å². The number of amides is 1. The number of carbonyl (C=O) groups excluding carboxylic acids is 1. The maximum Gasteiger partial charge on any atom is 0.237 e. The number of likely N-dealkylation sites (tertiary alicyclic amines) is 1. The van der Waals surface area contributed by atoms with Gasteiger partial charge in [0.15, 0.2) is 0 Å². The smallest absolute Gasteiger partial charge is 0.237 e. The van der Waals surface area contributed by atoms with Crippen molar-refractivity contribution < 1.29 is 14.3 Å². The van der Waals surface area contributed by atoms with Crippen LogP contribution in [-0.2, 0) is 4.79 Å². The first-order chi connectivity index (χ1) is 14.7. The molecular weight excluding hydrogens is 398 g/mol. The predicted octanol–water partition coefficient (Wildman–Crippen LogP) is 3.12. The summed E-state index contributed by atoms with van der Waals surface area (Å²) in [7, 11) is 1.66. The number of hydrogen-bond donors (Lipinski definition) is 0. The van der Waals surface area contributed by atoms with E-state index in [9.17, 15) is 4.79 Å². The Bertz CT molecular complexity index is 789. The molecule has 0 saturated carbocycles. The fourth-order valence-electron chi connectivity index (χ4n) is 4.26. The van der Waals surface area contributed by atoms with Crippen molar-refractivity contribution in [2.75, 3.05) is 59.5 Å². The molecule has 0 unspecified atom stereocenters. The normalized spacial score (nSPS) is 20.4. The molecule has 1 aromatic carbocycles. The number of benzene rings is 1. The van der Waals surface area contributed by atoms with Crippen LogP contribution in [0.25, 0.3) is 0 Å². The van der Waals surface area contributed by atoms with Crippen molar-refractivity contribution in [3.8, 4) is 11.5 Å². The second-order valence-corrected chi connectivity index (χ2v) is 8.88. The van der Waals surface area contributed by atoms with E-state index in [2.05, 4.69) is 32.2 Å². The van der Waals surface area contributed by atoms with Gasteiger partial charge in [0.2, 0.25) is 5.91 Å². The zero-order valence-electron chi connectivity index (χ0n) is 17.7. The van der Waals surface area contributed by atoms with Gasteiger partial charge in [-0.15, -0.1) is 11.3 Å². The van der Waals surface area contributed by atoms with Crippen molar-refractivity contribution in [1.29, 1.82) is 0 Å². The highest BCUT2D eigenvalue weighted by Gasteiger charge is 2.31. The molecule has 2 saturated heterocycles. The first kappa shape index (κ1) is 21.2. The summed E-state index contributed by atoms with van der Waals surface area (Å²) in [5.41, 5.74) is 0. The highest BCUT2D eigenvalue weighted by Crippen LogP contribution is 2.34. The first-order valence-electron chi connectivity index (χ1n) is 10.8. The Morgan fingerprint density at radius 2 is 1.77 bits per heavy atom. The molecule has 30 heavy (non-hydrogen) atoms. The molecular formula is C23H31N3O3S. The lowest BCUT2D eigenvalue weighted by Crippen LogP contribution is -2.50. The van der Waals surface area contributed by atoms with Crippen molar-refractivity contribution in [2.24, 2.45) is 0 Å². The Morgan fingerprint density at radius 3 is 2.47 bits per heavy atom. The van der Waals surface area contributed by atoms with Crippen LogP contribution in [0.4, 0.5) is 0 Å². The van der Waals surface area contributed by atoms with Crippen LogP contribution in [0.3, 0.4) is 0 Å². The molecule has 162 valence electrons. The number of piperazine rings is 1. The number of thiophene rings is 1. The number of hydrogen-bond acceptors (Lipinski definition) is 6. The Kier molecular flexibility index (Phi) is 7.25. The number of carbonyl (C=O) groups is 1. The van der Waals surface area contributed by atoms with E-state index in [1.807, 2.05) is 24.3 Å². The SMILES string of the molecule is COc1ccc(OCCN2CCN(CC(=O)N3CCC[C@@H]3c3cccs3)CC2)cc1. The van der Waals surface area contributed by atoms with Gasteiger partial charge in [-0.1, -0.05) is 6.07 Å². The molecule has 2 aromatic rings. The van der Waals surface area contributed by atoms with Crippen LogP contribution in [0.5, 0.6) is 11.5 Å². The minimum Gasteiger partial charge on any atom is -0.497 e. The lowest BCUT2D eigenvalue weighted by Gasteiger charge is -2.35. The van der Waals surface area contributed by atoms with E-state index >= 15 is 0 Å². The third kappa shape index (κ3) is 5.33. The summed E-state index contributed by atoms with van der Waals surface area (Å²) >= 11 is 1.76. The Balaban J connectivity index is 1.17. The van der Waals surface area contributed by atoms with Gasteiger partial charge in [0.25, 0.3) is 0 Å². The predicted molar refractivity (Wildman–Crippen MR) is 119 cm³/mol. The summed E-state index contributed by atoms with van der Waals surface area (Å²) in [5.74, 6) is 1.98. The molecule has 4 rings (SSSR count). The molecule has 7 heteroatoms. The molecule has 0 N–H and O–H groups in total. The molecule has 3 heterocycles. The van der Waals surface area contributed by atoms with Crippen LogP contribution in [-0.4, -0.2) is 80.1 Å². The molecule has 1 aromatic heterocycles. The van der Waals surface area contributed by atoms with Gasteiger partial charge < -0.3 is 14.4 Å². The second kappa shape index (κ2) is 10.3. The average molecular weight is 430 g/mol. The molecule has 1 amide bonds. The molecule has 0 radical (unpaired) electrons. The molecule has 1 atom stereocenters. The van der Waals surface area contributed by atoms with Gasteiger partial charge in [-0.3, -0.25) is 14.6 Å². The van der Waals surface area contributed by atoms with Crippen LogP contribution < -0.4 is 9.47 Å². The van der Waals surface area contributed by atoms with Crippen molar-refractivity contribution >= 4 is 17.2 Å². The maximum atomic E-state index is 12.9. The number of rotatable bonds is 8. The molecule has 6 nitrogen and oxygen atoms in total. The van der Waals surface area contributed by atoms with E-state index < -0.39 is 0 Å². The van der Waals surface area contributed by atoms with Crippen LogP contribution in [0.1, 0.15) is 23.8 Å². The lowest BCUT2D eigenvalue weighted by molar-refractivity contribution is -0.133. The van der Waals surface area contributed by atoms with Gasteiger partial charge in [-0.2, -0.15) is 0 Å². The zero-order chi connectivity index (χ0) is 20.8. The van der Waals surface area contributed by atoms with Crippen LogP contribution in [0.2, 0.25) is 0 Å². The number of nitrogens with zero attached hydrogens (tertiary/aromatic N) is 3. The van der Waals surface area contributed by atoms with Gasteiger partial charge in [-0.05, 0) is 48.6 Å². The standard InChI is InChI=1S/C23H31N3O3S/c1-28-19-6-8-20(9-7-19)29-16-15-24-11-13-25(14-12-24)18-23(27)26-10-2-4-21(26)22-5-3-17-30-22/h3,5-9,17,21H,2,4,10-16,18H2,1H3/t21-/m1/s1. The van der Waals surface area contributed by atoms with Crippen molar-refractivity contribution in [1.82, 2.24) is 14.7 Å². The average Bonchev–Trinajstić information content (AvgIpc) is 3.47.